The summed E-state index contributed by atoms with van der Waals surface area (Å²) in [6, 6.07) is 8.42. The Morgan fingerprint density at radius 3 is 2.80 bits per heavy atom. The van der Waals surface area contributed by atoms with Crippen molar-refractivity contribution in [3.63, 3.8) is 0 Å². The third-order valence-electron chi connectivity index (χ3n) is 2.38. The van der Waals surface area contributed by atoms with Gasteiger partial charge in [-0.15, -0.1) is 11.3 Å². The first-order valence-electron chi connectivity index (χ1n) is 5.05. The average molecular weight is 217 g/mol. The van der Waals surface area contributed by atoms with E-state index in [2.05, 4.69) is 49.6 Å². The van der Waals surface area contributed by atoms with Gasteiger partial charge in [-0.1, -0.05) is 29.8 Å². The maximum atomic E-state index is 6.14. The summed E-state index contributed by atoms with van der Waals surface area (Å²) in [6.07, 6.45) is 2.11. The van der Waals surface area contributed by atoms with Gasteiger partial charge < -0.3 is 5.73 Å². The second-order valence-electron chi connectivity index (χ2n) is 3.96. The van der Waals surface area contributed by atoms with Gasteiger partial charge in [0.15, 0.2) is 0 Å². The highest BCUT2D eigenvalue weighted by molar-refractivity contribution is 7.17. The molecule has 1 nitrogen and oxygen atoms in total. The van der Waals surface area contributed by atoms with E-state index in [1.807, 2.05) is 0 Å². The van der Waals surface area contributed by atoms with Crippen LogP contribution < -0.4 is 5.73 Å². The fraction of sp³-hybridized carbons (Fsp3) is 0.231. The molecule has 2 N–H and O–H groups in total. The summed E-state index contributed by atoms with van der Waals surface area (Å²) in [4.78, 5) is 0. The Balaban J connectivity index is 2.48. The van der Waals surface area contributed by atoms with Gasteiger partial charge >= 0.3 is 0 Å². The second kappa shape index (κ2) is 4.17. The van der Waals surface area contributed by atoms with Gasteiger partial charge in [-0.2, -0.15) is 0 Å². The third-order valence-corrected chi connectivity index (χ3v) is 3.36. The Labute approximate surface area is 94.2 Å². The van der Waals surface area contributed by atoms with Crippen LogP contribution in [0.25, 0.3) is 10.1 Å². The van der Waals surface area contributed by atoms with Crippen LogP contribution in [-0.2, 0) is 0 Å². The Morgan fingerprint density at radius 1 is 1.33 bits per heavy atom. The summed E-state index contributed by atoms with van der Waals surface area (Å²) in [5, 5.41) is 3.45. The molecule has 1 aromatic carbocycles. The highest BCUT2D eigenvalue weighted by Gasteiger charge is 2.08. The molecule has 0 aliphatic carbocycles. The van der Waals surface area contributed by atoms with Crippen molar-refractivity contribution in [3.8, 4) is 0 Å². The lowest BCUT2D eigenvalue weighted by Crippen LogP contribution is -2.06. The highest BCUT2D eigenvalue weighted by Crippen LogP contribution is 2.29. The predicted octanol–water partition coefficient (Wildman–Crippen LogP) is 3.87. The van der Waals surface area contributed by atoms with Crippen molar-refractivity contribution in [1.29, 1.82) is 0 Å². The van der Waals surface area contributed by atoms with Crippen LogP contribution in [0.15, 0.2) is 41.3 Å². The molecule has 2 aromatic rings. The summed E-state index contributed by atoms with van der Waals surface area (Å²) < 4.78 is 1.31. The van der Waals surface area contributed by atoms with E-state index in [9.17, 15) is 0 Å². The molecule has 0 radical (unpaired) electrons. The number of benzene rings is 1. The standard InChI is InChI=1S/C13H15NS/c1-9(2)7-12(14)11-8-15-13-6-4-3-5-10(11)13/h3-8,12H,14H2,1-2H3. The maximum Gasteiger partial charge on any atom is 0.0498 e. The van der Waals surface area contributed by atoms with E-state index < -0.39 is 0 Å². The van der Waals surface area contributed by atoms with E-state index in [0.29, 0.717) is 0 Å². The summed E-state index contributed by atoms with van der Waals surface area (Å²) in [5.41, 5.74) is 8.63. The smallest absolute Gasteiger partial charge is 0.0498 e. The van der Waals surface area contributed by atoms with Gasteiger partial charge in [0, 0.05) is 10.7 Å². The molecule has 2 heteroatoms. The van der Waals surface area contributed by atoms with Gasteiger partial charge in [0.2, 0.25) is 0 Å². The van der Waals surface area contributed by atoms with E-state index in [1.54, 1.807) is 11.3 Å². The van der Waals surface area contributed by atoms with Crippen LogP contribution in [0.3, 0.4) is 0 Å². The minimum atomic E-state index is 0.0196. The molecule has 78 valence electrons. The van der Waals surface area contributed by atoms with Crippen LogP contribution in [0, 0.1) is 0 Å². The molecule has 0 amide bonds. The zero-order valence-electron chi connectivity index (χ0n) is 9.03. The lowest BCUT2D eigenvalue weighted by molar-refractivity contribution is 0.913. The van der Waals surface area contributed by atoms with Crippen molar-refractivity contribution in [1.82, 2.24) is 0 Å². The second-order valence-corrected chi connectivity index (χ2v) is 4.87. The molecule has 0 spiro atoms. The summed E-state index contributed by atoms with van der Waals surface area (Å²) in [5.74, 6) is 0. The number of nitrogens with two attached hydrogens (primary N) is 1. The number of hydrogen-bond donors (Lipinski definition) is 1. The van der Waals surface area contributed by atoms with E-state index in [4.69, 9.17) is 5.73 Å². The molecule has 1 aromatic heterocycles. The monoisotopic (exact) mass is 217 g/mol. The molecule has 0 aliphatic rings. The van der Waals surface area contributed by atoms with Gasteiger partial charge in [-0.05, 0) is 36.2 Å². The molecule has 1 atom stereocenters. The van der Waals surface area contributed by atoms with Crippen molar-refractivity contribution in [2.24, 2.45) is 5.73 Å². The van der Waals surface area contributed by atoms with Crippen LogP contribution in [-0.4, -0.2) is 0 Å². The molecule has 0 fully saturated rings. The van der Waals surface area contributed by atoms with Crippen molar-refractivity contribution < 1.29 is 0 Å². The van der Waals surface area contributed by atoms with Crippen molar-refractivity contribution >= 4 is 21.4 Å². The van der Waals surface area contributed by atoms with E-state index in [-0.39, 0.29) is 6.04 Å². The number of hydrogen-bond acceptors (Lipinski definition) is 2. The van der Waals surface area contributed by atoms with E-state index >= 15 is 0 Å². The van der Waals surface area contributed by atoms with E-state index in [1.165, 1.54) is 21.2 Å². The molecule has 0 saturated carbocycles. The van der Waals surface area contributed by atoms with Gasteiger partial charge in [0.25, 0.3) is 0 Å². The summed E-state index contributed by atoms with van der Waals surface area (Å²) in [7, 11) is 0. The Morgan fingerprint density at radius 2 is 2.07 bits per heavy atom. The minimum absolute atomic E-state index is 0.0196. The van der Waals surface area contributed by atoms with Crippen LogP contribution >= 0.6 is 11.3 Å². The Bertz CT molecular complexity index is 492. The number of rotatable bonds is 2. The van der Waals surface area contributed by atoms with Crippen LogP contribution in [0.4, 0.5) is 0 Å². The van der Waals surface area contributed by atoms with Crippen molar-refractivity contribution in [2.45, 2.75) is 19.9 Å². The first-order chi connectivity index (χ1) is 7.18. The highest BCUT2D eigenvalue weighted by atomic mass is 32.1. The topological polar surface area (TPSA) is 26.0 Å². The minimum Gasteiger partial charge on any atom is -0.321 e. The normalized spacial score (nSPS) is 12.7. The molecule has 1 heterocycles. The lowest BCUT2D eigenvalue weighted by atomic mass is 10.0. The Hall–Kier alpha value is -1.12. The third kappa shape index (κ3) is 2.11. The van der Waals surface area contributed by atoms with Crippen LogP contribution in [0.1, 0.15) is 25.5 Å². The molecule has 0 saturated heterocycles. The first-order valence-corrected chi connectivity index (χ1v) is 5.93. The molecule has 2 rings (SSSR count). The molecule has 0 bridgehead atoms. The van der Waals surface area contributed by atoms with Crippen LogP contribution in [0.5, 0.6) is 0 Å². The van der Waals surface area contributed by atoms with Gasteiger partial charge in [-0.3, -0.25) is 0 Å². The summed E-state index contributed by atoms with van der Waals surface area (Å²) >= 11 is 1.76. The molecular weight excluding hydrogens is 202 g/mol. The lowest BCUT2D eigenvalue weighted by Gasteiger charge is -2.06. The maximum absolute atomic E-state index is 6.14. The van der Waals surface area contributed by atoms with Crippen LogP contribution in [0.2, 0.25) is 0 Å². The van der Waals surface area contributed by atoms with Gasteiger partial charge in [-0.25, -0.2) is 0 Å². The number of thiophene rings is 1. The average Bonchev–Trinajstić information content (AvgIpc) is 2.59. The molecular formula is C13H15NS. The molecule has 0 aliphatic heterocycles. The largest absolute Gasteiger partial charge is 0.321 e. The zero-order valence-corrected chi connectivity index (χ0v) is 9.84. The Kier molecular flexibility index (Phi) is 2.89. The fourth-order valence-electron chi connectivity index (χ4n) is 1.71. The van der Waals surface area contributed by atoms with E-state index in [0.717, 1.165) is 0 Å². The number of allylic oxidation sites excluding steroid dienone is 1. The predicted molar refractivity (Wildman–Crippen MR) is 68.2 cm³/mol. The SMILES string of the molecule is CC(C)=CC(N)c1csc2ccccc12. The molecule has 1 unspecified atom stereocenters. The van der Waals surface area contributed by atoms with Crippen molar-refractivity contribution in [3.05, 3.63) is 46.9 Å². The summed E-state index contributed by atoms with van der Waals surface area (Å²) in [6.45, 7) is 4.16. The fourth-order valence-corrected chi connectivity index (χ4v) is 2.71. The number of fused-ring (bicyclic) bond motifs is 1. The first kappa shape index (κ1) is 10.4. The van der Waals surface area contributed by atoms with Gasteiger partial charge in [0.1, 0.15) is 0 Å². The van der Waals surface area contributed by atoms with Gasteiger partial charge in [0.05, 0.1) is 0 Å². The quantitative estimate of drug-likeness (QED) is 0.759. The zero-order chi connectivity index (χ0) is 10.8. The molecule has 15 heavy (non-hydrogen) atoms. The van der Waals surface area contributed by atoms with Crippen molar-refractivity contribution in [2.75, 3.05) is 0 Å².